The third kappa shape index (κ3) is 4.78. The molecule has 0 unspecified atom stereocenters. The minimum absolute atomic E-state index is 0. The summed E-state index contributed by atoms with van der Waals surface area (Å²) < 4.78 is 11.5. The van der Waals surface area contributed by atoms with Crippen LogP contribution < -0.4 is 5.54 Å². The monoisotopic (exact) mass is 159 g/mol. The zero-order chi connectivity index (χ0) is 7.82. The molecule has 0 aromatic heterocycles. The lowest BCUT2D eigenvalue weighted by molar-refractivity contribution is 0.618. The molecule has 0 atom stereocenters. The highest BCUT2D eigenvalue weighted by molar-refractivity contribution is 5.39. The average molecular weight is 159 g/mol. The molecule has 0 fully saturated rings. The Balaban J connectivity index is 0. The smallest absolute Gasteiger partial charge is 0.0655 e. The maximum absolute atomic E-state index is 11.5. The van der Waals surface area contributed by atoms with Crippen LogP contribution in [0.5, 0.6) is 0 Å². The first-order chi connectivity index (χ1) is 4.93. The molecule has 1 N–H and O–H groups in total. The van der Waals surface area contributed by atoms with E-state index in [1.165, 1.54) is 5.54 Å². The first kappa shape index (κ1) is 12.0. The molecule has 0 aliphatic carbocycles. The molecule has 0 saturated heterocycles. The number of benzene rings is 1. The van der Waals surface area contributed by atoms with Crippen LogP contribution in [0, 0.1) is 10.8 Å². The van der Waals surface area contributed by atoms with Crippen LogP contribution in [0.25, 0.3) is 0 Å². The molecular formula is C6H7F2N3. The first-order valence-corrected chi connectivity index (χ1v) is 2.55. The molecule has 0 radical (unpaired) electrons. The van der Waals surface area contributed by atoms with E-state index in [9.17, 15) is 4.48 Å². The van der Waals surface area contributed by atoms with E-state index in [1.54, 1.807) is 24.3 Å². The number of anilines is 1. The van der Waals surface area contributed by atoms with E-state index in [4.69, 9.17) is 10.8 Å². The molecular weight excluding hydrogens is 152 g/mol. The van der Waals surface area contributed by atoms with Crippen molar-refractivity contribution in [1.29, 1.82) is 10.8 Å². The zero-order valence-electron chi connectivity index (χ0n) is 5.57. The molecule has 0 aliphatic rings. The minimum atomic E-state index is 0. The molecule has 0 bridgehead atoms. The van der Waals surface area contributed by atoms with E-state index in [2.05, 4.69) is 0 Å². The Morgan fingerprint density at radius 2 is 1.55 bits per heavy atom. The van der Waals surface area contributed by atoms with Crippen molar-refractivity contribution in [2.75, 3.05) is 5.54 Å². The molecule has 1 rings (SSSR count). The molecule has 0 aliphatic heterocycles. The predicted molar refractivity (Wildman–Crippen MR) is 37.1 cm³/mol. The van der Waals surface area contributed by atoms with Gasteiger partial charge in [-0.05, 0) is 12.1 Å². The Hall–Kier alpha value is -1.70. The van der Waals surface area contributed by atoms with Gasteiger partial charge >= 0.3 is 0 Å². The second-order valence-corrected chi connectivity index (χ2v) is 1.46. The molecule has 3 nitrogen and oxygen atoms in total. The molecule has 0 spiro atoms. The molecule has 0 heterocycles. The van der Waals surface area contributed by atoms with Crippen LogP contribution in [0.4, 0.5) is 14.9 Å². The predicted octanol–water partition coefficient (Wildman–Crippen LogP) is 2.17. The van der Waals surface area contributed by atoms with Crippen molar-refractivity contribution in [1.82, 2.24) is 0 Å². The topological polar surface area (TPSA) is 59.6 Å². The van der Waals surface area contributed by atoms with Crippen LogP contribution in [-0.4, -0.2) is 0 Å². The molecule has 0 amide bonds. The Morgan fingerprint density at radius 1 is 1.09 bits per heavy atom. The maximum atomic E-state index is 11.5. The second kappa shape index (κ2) is 8.30. The molecule has 11 heavy (non-hydrogen) atoms. The van der Waals surface area contributed by atoms with E-state index >= 15 is 0 Å². The molecule has 0 saturated carbocycles. The highest BCUT2D eigenvalue weighted by Crippen LogP contribution is 2.03. The van der Waals surface area contributed by atoms with E-state index in [-0.39, 0.29) is 4.70 Å². The van der Waals surface area contributed by atoms with E-state index in [0.29, 0.717) is 5.69 Å². The molecule has 60 valence electrons. The van der Waals surface area contributed by atoms with Gasteiger partial charge in [-0.1, -0.05) is 18.2 Å². The van der Waals surface area contributed by atoms with Crippen molar-refractivity contribution >= 4 is 5.69 Å². The second-order valence-electron chi connectivity index (χ2n) is 1.46. The fourth-order valence-corrected chi connectivity index (χ4v) is 0.501. The largest absolute Gasteiger partial charge is 0.269 e. The third-order valence-electron chi connectivity index (χ3n) is 0.883. The van der Waals surface area contributed by atoms with Gasteiger partial charge in [0.1, 0.15) is 0 Å². The first-order valence-electron chi connectivity index (χ1n) is 2.55. The van der Waals surface area contributed by atoms with Crippen molar-refractivity contribution in [3.63, 3.8) is 0 Å². The van der Waals surface area contributed by atoms with Gasteiger partial charge in [0.15, 0.2) is 0 Å². The summed E-state index contributed by atoms with van der Waals surface area (Å²) in [6.07, 6.45) is 0. The van der Waals surface area contributed by atoms with Gasteiger partial charge in [0.05, 0.1) is 5.69 Å². The fourth-order valence-electron chi connectivity index (χ4n) is 0.501. The summed E-state index contributed by atoms with van der Waals surface area (Å²) >= 11 is 0. The van der Waals surface area contributed by atoms with E-state index in [1.807, 2.05) is 6.07 Å². The van der Waals surface area contributed by atoms with Gasteiger partial charge in [0.2, 0.25) is 0 Å². The summed E-state index contributed by atoms with van der Waals surface area (Å²) in [5, 5.41) is 12.0. The van der Waals surface area contributed by atoms with E-state index < -0.39 is 0 Å². The highest BCUT2D eigenvalue weighted by atomic mass is 19.2. The van der Waals surface area contributed by atoms with Gasteiger partial charge in [-0.25, -0.2) is 5.54 Å². The van der Waals surface area contributed by atoms with Crippen molar-refractivity contribution in [3.8, 4) is 0 Å². The van der Waals surface area contributed by atoms with Crippen LogP contribution in [-0.2, 0) is 0 Å². The number of para-hydroxylation sites is 1. The summed E-state index contributed by atoms with van der Waals surface area (Å²) in [5.41, 5.74) is 2.02. The fraction of sp³-hybridized carbons (Fsp3) is 0. The average Bonchev–Trinajstić information content (AvgIpc) is 2.10. The molecule has 5 heteroatoms. The van der Waals surface area contributed by atoms with Crippen molar-refractivity contribution < 1.29 is 9.19 Å². The van der Waals surface area contributed by atoms with Crippen LogP contribution in [0.3, 0.4) is 0 Å². The Bertz CT molecular complexity index is 188. The van der Waals surface area contributed by atoms with Crippen LogP contribution in [0.1, 0.15) is 0 Å². The molecule has 1 aromatic carbocycles. The summed E-state index contributed by atoms with van der Waals surface area (Å²) in [4.78, 5) is 0. The number of halogens is 2. The zero-order valence-corrected chi connectivity index (χ0v) is 5.57. The minimum Gasteiger partial charge on any atom is -0.269 e. The SMILES string of the molecule is F.FNc1ccccc1.N#N. The van der Waals surface area contributed by atoms with Crippen LogP contribution in [0.15, 0.2) is 30.3 Å². The number of nitrogens with one attached hydrogen (secondary N) is 1. The normalized spacial score (nSPS) is 6.45. The third-order valence-corrected chi connectivity index (χ3v) is 0.883. The Labute approximate surface area is 62.6 Å². The van der Waals surface area contributed by atoms with Crippen molar-refractivity contribution in [3.05, 3.63) is 30.3 Å². The van der Waals surface area contributed by atoms with Gasteiger partial charge in [-0.2, -0.15) is 0 Å². The summed E-state index contributed by atoms with van der Waals surface area (Å²) in [6, 6.07) is 8.67. The lowest BCUT2D eigenvalue weighted by Crippen LogP contribution is -1.77. The van der Waals surface area contributed by atoms with Crippen LogP contribution >= 0.6 is 0 Å². The van der Waals surface area contributed by atoms with Gasteiger partial charge in [-0.15, -0.1) is 4.48 Å². The van der Waals surface area contributed by atoms with Crippen LogP contribution in [0.2, 0.25) is 0 Å². The molecule has 1 aromatic rings. The van der Waals surface area contributed by atoms with Gasteiger partial charge in [0, 0.05) is 10.8 Å². The quantitative estimate of drug-likeness (QED) is 0.504. The summed E-state index contributed by atoms with van der Waals surface area (Å²) in [6.45, 7) is 0. The highest BCUT2D eigenvalue weighted by Gasteiger charge is 1.80. The van der Waals surface area contributed by atoms with Gasteiger partial charge in [-0.3, -0.25) is 4.70 Å². The standard InChI is InChI=1S/C6H6FN.FH.N2/c7-8-6-4-2-1-3-5-6;;1-2/h1-5,8H;1H;. The number of nitrogens with zero attached hydrogens (tertiary/aromatic N) is 2. The number of hydrogen-bond acceptors (Lipinski definition) is 3. The Kier molecular flexibility index (Phi) is 9.07. The lowest BCUT2D eigenvalue weighted by Gasteiger charge is -1.89. The van der Waals surface area contributed by atoms with Gasteiger partial charge < -0.3 is 0 Å². The maximum Gasteiger partial charge on any atom is 0.0655 e. The van der Waals surface area contributed by atoms with Crippen molar-refractivity contribution in [2.45, 2.75) is 0 Å². The van der Waals surface area contributed by atoms with Crippen molar-refractivity contribution in [2.24, 2.45) is 0 Å². The van der Waals surface area contributed by atoms with E-state index in [0.717, 1.165) is 0 Å². The van der Waals surface area contributed by atoms with Gasteiger partial charge in [0.25, 0.3) is 0 Å². The number of hydrogen-bond donors (Lipinski definition) is 1. The Morgan fingerprint density at radius 3 is 1.82 bits per heavy atom. The summed E-state index contributed by atoms with van der Waals surface area (Å²) in [5.74, 6) is 0. The summed E-state index contributed by atoms with van der Waals surface area (Å²) in [7, 11) is 0. The number of rotatable bonds is 1. The lowest BCUT2D eigenvalue weighted by atomic mass is 10.3.